The summed E-state index contributed by atoms with van der Waals surface area (Å²) in [5.74, 6) is -0.179. The lowest BCUT2D eigenvalue weighted by Crippen LogP contribution is -2.32. The highest BCUT2D eigenvalue weighted by molar-refractivity contribution is 5.18. The maximum atomic E-state index is 13.8. The number of rotatable bonds is 7. The molecular formula is C16H23FN4. The number of benzene rings is 1. The van der Waals surface area contributed by atoms with Gasteiger partial charge in [-0.25, -0.2) is 9.37 Å². The number of halogens is 1. The van der Waals surface area contributed by atoms with Crippen molar-refractivity contribution in [2.75, 3.05) is 13.6 Å². The Morgan fingerprint density at radius 3 is 2.81 bits per heavy atom. The maximum absolute atomic E-state index is 13.8. The van der Waals surface area contributed by atoms with Gasteiger partial charge in [0, 0.05) is 31.4 Å². The highest BCUT2D eigenvalue weighted by Gasteiger charge is 2.20. The Hall–Kier alpha value is -1.72. The fourth-order valence-corrected chi connectivity index (χ4v) is 2.57. The van der Waals surface area contributed by atoms with Crippen LogP contribution in [-0.4, -0.2) is 28.0 Å². The van der Waals surface area contributed by atoms with E-state index >= 15 is 0 Å². The molecule has 2 aromatic rings. The predicted molar refractivity (Wildman–Crippen MR) is 82.2 cm³/mol. The summed E-state index contributed by atoms with van der Waals surface area (Å²) < 4.78 is 15.9. The molecular weight excluding hydrogens is 267 g/mol. The lowest BCUT2D eigenvalue weighted by Gasteiger charge is -2.28. The first-order valence-electron chi connectivity index (χ1n) is 7.31. The van der Waals surface area contributed by atoms with E-state index in [1.165, 1.54) is 6.07 Å². The monoisotopic (exact) mass is 290 g/mol. The highest BCUT2D eigenvalue weighted by atomic mass is 19.1. The molecule has 0 aliphatic carbocycles. The molecule has 0 spiro atoms. The molecule has 0 saturated heterocycles. The Balaban J connectivity index is 2.17. The molecule has 0 saturated carbocycles. The molecule has 1 heterocycles. The van der Waals surface area contributed by atoms with Gasteiger partial charge < -0.3 is 10.3 Å². The van der Waals surface area contributed by atoms with Gasteiger partial charge in [0.05, 0.1) is 18.1 Å². The number of hydrogen-bond donors (Lipinski definition) is 1. The zero-order valence-electron chi connectivity index (χ0n) is 12.7. The summed E-state index contributed by atoms with van der Waals surface area (Å²) in [6, 6.07) is 6.88. The van der Waals surface area contributed by atoms with Gasteiger partial charge in [-0.1, -0.05) is 25.1 Å². The third kappa shape index (κ3) is 3.68. The van der Waals surface area contributed by atoms with Crippen LogP contribution in [0.4, 0.5) is 4.39 Å². The maximum Gasteiger partial charge on any atom is 0.127 e. The number of aryl methyl sites for hydroxylation is 1. The summed E-state index contributed by atoms with van der Waals surface area (Å²) in [6.07, 6.45) is 4.72. The third-order valence-corrected chi connectivity index (χ3v) is 3.68. The molecule has 1 aromatic heterocycles. The molecule has 0 radical (unpaired) electrons. The van der Waals surface area contributed by atoms with E-state index in [0.29, 0.717) is 18.7 Å². The van der Waals surface area contributed by atoms with Crippen molar-refractivity contribution >= 4 is 0 Å². The summed E-state index contributed by atoms with van der Waals surface area (Å²) in [5, 5.41) is 0. The quantitative estimate of drug-likeness (QED) is 0.852. The second kappa shape index (κ2) is 7.33. The number of aromatic nitrogens is 2. The Morgan fingerprint density at radius 1 is 1.38 bits per heavy atom. The third-order valence-electron chi connectivity index (χ3n) is 3.68. The summed E-state index contributed by atoms with van der Waals surface area (Å²) in [4.78, 5) is 6.29. The Bertz CT molecular complexity index is 567. The average molecular weight is 290 g/mol. The van der Waals surface area contributed by atoms with E-state index in [9.17, 15) is 4.39 Å². The fourth-order valence-electron chi connectivity index (χ4n) is 2.57. The molecule has 0 aliphatic rings. The Morgan fingerprint density at radius 2 is 2.14 bits per heavy atom. The van der Waals surface area contributed by atoms with Gasteiger partial charge in [0.2, 0.25) is 0 Å². The van der Waals surface area contributed by atoms with Crippen LogP contribution in [0.15, 0.2) is 36.8 Å². The number of nitrogens with zero attached hydrogens (tertiary/aromatic N) is 3. The zero-order valence-corrected chi connectivity index (χ0v) is 12.7. The van der Waals surface area contributed by atoms with Crippen molar-refractivity contribution < 1.29 is 4.39 Å². The molecule has 0 bridgehead atoms. The van der Waals surface area contributed by atoms with Gasteiger partial charge in [0.1, 0.15) is 5.82 Å². The van der Waals surface area contributed by atoms with Crippen molar-refractivity contribution in [1.29, 1.82) is 0 Å². The molecule has 4 nitrogen and oxygen atoms in total. The molecule has 21 heavy (non-hydrogen) atoms. The van der Waals surface area contributed by atoms with Crippen molar-refractivity contribution in [3.05, 3.63) is 53.9 Å². The Kier molecular flexibility index (Phi) is 5.47. The second-order valence-electron chi connectivity index (χ2n) is 5.27. The van der Waals surface area contributed by atoms with Crippen LogP contribution in [0, 0.1) is 5.82 Å². The van der Waals surface area contributed by atoms with E-state index in [1.807, 2.05) is 31.7 Å². The van der Waals surface area contributed by atoms with Crippen molar-refractivity contribution in [2.45, 2.75) is 32.5 Å². The first-order valence-corrected chi connectivity index (χ1v) is 7.31. The van der Waals surface area contributed by atoms with E-state index in [-0.39, 0.29) is 11.9 Å². The van der Waals surface area contributed by atoms with Crippen LogP contribution in [0.3, 0.4) is 0 Å². The number of imidazole rings is 1. The summed E-state index contributed by atoms with van der Waals surface area (Å²) in [7, 11) is 1.97. The topological polar surface area (TPSA) is 47.1 Å². The highest BCUT2D eigenvalue weighted by Crippen LogP contribution is 2.21. The van der Waals surface area contributed by atoms with Crippen LogP contribution in [0.2, 0.25) is 0 Å². The van der Waals surface area contributed by atoms with Crippen LogP contribution in [0.5, 0.6) is 0 Å². The van der Waals surface area contributed by atoms with E-state index < -0.39 is 0 Å². The number of hydrogen-bond acceptors (Lipinski definition) is 3. The van der Waals surface area contributed by atoms with E-state index in [0.717, 1.165) is 18.7 Å². The van der Waals surface area contributed by atoms with Crippen LogP contribution < -0.4 is 5.73 Å². The Labute approximate surface area is 125 Å². The smallest absolute Gasteiger partial charge is 0.127 e. The minimum atomic E-state index is -0.179. The SMILES string of the molecule is CCCn1cncc1C(CN)N(C)Cc1ccccc1F. The minimum absolute atomic E-state index is 0.0265. The molecule has 0 aliphatic heterocycles. The average Bonchev–Trinajstić information content (AvgIpc) is 2.91. The van der Waals surface area contributed by atoms with Crippen molar-refractivity contribution in [1.82, 2.24) is 14.5 Å². The lowest BCUT2D eigenvalue weighted by molar-refractivity contribution is 0.229. The minimum Gasteiger partial charge on any atom is -0.333 e. The van der Waals surface area contributed by atoms with Crippen molar-refractivity contribution in [2.24, 2.45) is 5.73 Å². The summed E-state index contributed by atoms with van der Waals surface area (Å²) in [5.41, 5.74) is 7.71. The molecule has 0 amide bonds. The van der Waals surface area contributed by atoms with Crippen LogP contribution >= 0.6 is 0 Å². The summed E-state index contributed by atoms with van der Waals surface area (Å²) in [6.45, 7) is 4.04. The molecule has 2 rings (SSSR count). The molecule has 114 valence electrons. The molecule has 5 heteroatoms. The predicted octanol–water partition coefficient (Wildman–Crippen LogP) is 2.56. The summed E-state index contributed by atoms with van der Waals surface area (Å²) >= 11 is 0. The number of likely N-dealkylation sites (N-methyl/N-ethyl adjacent to an activating group) is 1. The van der Waals surface area contributed by atoms with Crippen molar-refractivity contribution in [3.63, 3.8) is 0 Å². The van der Waals surface area contributed by atoms with Gasteiger partial charge in [-0.3, -0.25) is 4.90 Å². The lowest BCUT2D eigenvalue weighted by atomic mass is 10.1. The first kappa shape index (κ1) is 15.7. The second-order valence-corrected chi connectivity index (χ2v) is 5.27. The van der Waals surface area contributed by atoms with Gasteiger partial charge in [0.25, 0.3) is 0 Å². The largest absolute Gasteiger partial charge is 0.333 e. The molecule has 1 aromatic carbocycles. The van der Waals surface area contributed by atoms with Gasteiger partial charge >= 0.3 is 0 Å². The normalized spacial score (nSPS) is 12.8. The van der Waals surface area contributed by atoms with Gasteiger partial charge in [-0.05, 0) is 19.5 Å². The van der Waals surface area contributed by atoms with E-state index in [4.69, 9.17) is 5.73 Å². The molecule has 0 fully saturated rings. The molecule has 1 atom stereocenters. The van der Waals surface area contributed by atoms with Crippen LogP contribution in [-0.2, 0) is 13.1 Å². The van der Waals surface area contributed by atoms with E-state index in [2.05, 4.69) is 21.4 Å². The molecule has 1 unspecified atom stereocenters. The fraction of sp³-hybridized carbons (Fsp3) is 0.438. The molecule has 2 N–H and O–H groups in total. The van der Waals surface area contributed by atoms with Gasteiger partial charge in [-0.15, -0.1) is 0 Å². The first-order chi connectivity index (χ1) is 10.2. The van der Waals surface area contributed by atoms with Crippen LogP contribution in [0.1, 0.15) is 30.6 Å². The van der Waals surface area contributed by atoms with Gasteiger partial charge in [-0.2, -0.15) is 0 Å². The van der Waals surface area contributed by atoms with Gasteiger partial charge in [0.15, 0.2) is 0 Å². The van der Waals surface area contributed by atoms with Crippen molar-refractivity contribution in [3.8, 4) is 0 Å². The van der Waals surface area contributed by atoms with E-state index in [1.54, 1.807) is 6.07 Å². The van der Waals surface area contributed by atoms with Crippen LogP contribution in [0.25, 0.3) is 0 Å². The zero-order chi connectivity index (χ0) is 15.2. The standard InChI is InChI=1S/C16H23FN4/c1-3-8-21-12-19-10-16(21)15(9-18)20(2)11-13-6-4-5-7-14(13)17/h4-7,10,12,15H,3,8-9,11,18H2,1-2H3. The number of nitrogens with two attached hydrogens (primary N) is 1.